The lowest BCUT2D eigenvalue weighted by Crippen LogP contribution is -2.20. The largest absolute Gasteiger partial charge is 0.382 e. The van der Waals surface area contributed by atoms with Crippen LogP contribution in [-0.2, 0) is 11.8 Å². The van der Waals surface area contributed by atoms with Gasteiger partial charge in [0.2, 0.25) is 0 Å². The van der Waals surface area contributed by atoms with Crippen LogP contribution >= 0.6 is 0 Å². The van der Waals surface area contributed by atoms with E-state index < -0.39 is 0 Å². The molecule has 156 valence electrons. The maximum Gasteiger partial charge on any atom is 0.152 e. The molecule has 0 radical (unpaired) electrons. The van der Waals surface area contributed by atoms with Crippen LogP contribution in [-0.4, -0.2) is 47.4 Å². The highest BCUT2D eigenvalue weighted by Crippen LogP contribution is 2.36. The van der Waals surface area contributed by atoms with Gasteiger partial charge in [0, 0.05) is 48.5 Å². The Hall–Kier alpha value is -3.72. The monoisotopic (exact) mass is 414 g/mol. The quantitative estimate of drug-likeness (QED) is 0.487. The molecule has 1 aliphatic heterocycles. The number of ether oxygens (including phenoxy) is 1. The third-order valence-electron chi connectivity index (χ3n) is 6.03. The highest BCUT2D eigenvalue weighted by atomic mass is 16.5. The minimum absolute atomic E-state index is 0.356. The van der Waals surface area contributed by atoms with Crippen molar-refractivity contribution >= 4 is 22.2 Å². The second kappa shape index (κ2) is 6.92. The van der Waals surface area contributed by atoms with Crippen molar-refractivity contribution in [2.45, 2.75) is 18.9 Å². The molecule has 0 atom stereocenters. The van der Waals surface area contributed by atoms with Crippen LogP contribution < -0.4 is 5.73 Å². The summed E-state index contributed by atoms with van der Waals surface area (Å²) < 4.78 is 11.3. The Balaban J connectivity index is 1.54. The topological polar surface area (TPSA) is 101 Å². The molecule has 5 aromatic rings. The molecular weight excluding hydrogens is 392 g/mol. The summed E-state index contributed by atoms with van der Waals surface area (Å²) in [6.45, 7) is 1.55. The highest BCUT2D eigenvalue weighted by molar-refractivity contribution is 5.93. The molecule has 0 bridgehead atoms. The number of rotatable bonds is 3. The molecule has 5 heterocycles. The van der Waals surface area contributed by atoms with Gasteiger partial charge in [0.15, 0.2) is 5.82 Å². The van der Waals surface area contributed by atoms with Crippen molar-refractivity contribution in [3.05, 3.63) is 49.2 Å². The molecule has 1 aliphatic rings. The smallest absolute Gasteiger partial charge is 0.152 e. The maximum absolute atomic E-state index is 6.26. The van der Waals surface area contributed by atoms with Crippen molar-refractivity contribution < 1.29 is 4.74 Å². The van der Waals surface area contributed by atoms with Crippen molar-refractivity contribution in [2.24, 2.45) is 7.05 Å². The minimum atomic E-state index is 0.356. The first-order chi connectivity index (χ1) is 15.2. The average molecular weight is 414 g/mol. The number of nitrogen functional groups attached to an aromatic ring is 1. The fraction of sp³-hybridized carbons (Fsp3) is 0.273. The number of nitrogens with zero attached hydrogens (tertiary/aromatic N) is 7. The van der Waals surface area contributed by atoms with Crippen molar-refractivity contribution in [1.82, 2.24) is 34.2 Å². The van der Waals surface area contributed by atoms with Gasteiger partial charge in [0.1, 0.15) is 11.8 Å². The Morgan fingerprint density at radius 3 is 2.71 bits per heavy atom. The second-order valence-corrected chi connectivity index (χ2v) is 7.96. The summed E-state index contributed by atoms with van der Waals surface area (Å²) in [7, 11) is 1.90. The number of aryl methyl sites for hydroxylation is 1. The lowest BCUT2D eigenvalue weighted by Gasteiger charge is -2.23. The number of nitrogens with two attached hydrogens (primary N) is 1. The summed E-state index contributed by atoms with van der Waals surface area (Å²) in [5.41, 5.74) is 12.1. The molecule has 6 rings (SSSR count). The molecule has 1 fully saturated rings. The van der Waals surface area contributed by atoms with Gasteiger partial charge in [0.25, 0.3) is 0 Å². The predicted molar refractivity (Wildman–Crippen MR) is 117 cm³/mol. The summed E-state index contributed by atoms with van der Waals surface area (Å²) in [5, 5.41) is 14.6. The van der Waals surface area contributed by atoms with Crippen LogP contribution in [0, 0.1) is 0 Å². The van der Waals surface area contributed by atoms with Crippen molar-refractivity contribution in [3.8, 4) is 22.4 Å². The van der Waals surface area contributed by atoms with E-state index in [1.807, 2.05) is 30.2 Å². The van der Waals surface area contributed by atoms with Crippen LogP contribution in [0.3, 0.4) is 0 Å². The van der Waals surface area contributed by atoms with Gasteiger partial charge >= 0.3 is 0 Å². The van der Waals surface area contributed by atoms with Crippen molar-refractivity contribution in [3.63, 3.8) is 0 Å². The number of aromatic nitrogens is 7. The van der Waals surface area contributed by atoms with Crippen molar-refractivity contribution in [1.29, 1.82) is 0 Å². The van der Waals surface area contributed by atoms with E-state index in [9.17, 15) is 0 Å². The number of hydrogen-bond acceptors (Lipinski definition) is 6. The fourth-order valence-electron chi connectivity index (χ4n) is 4.47. The second-order valence-electron chi connectivity index (χ2n) is 7.96. The Kier molecular flexibility index (Phi) is 4.03. The van der Waals surface area contributed by atoms with E-state index in [1.54, 1.807) is 4.68 Å². The molecule has 0 aliphatic carbocycles. The van der Waals surface area contributed by atoms with E-state index in [2.05, 4.69) is 49.2 Å². The lowest BCUT2D eigenvalue weighted by molar-refractivity contribution is 0.0675. The molecule has 0 unspecified atom stereocenters. The molecule has 0 saturated carbocycles. The Morgan fingerprint density at radius 1 is 1.03 bits per heavy atom. The minimum Gasteiger partial charge on any atom is -0.382 e. The maximum atomic E-state index is 6.26. The zero-order chi connectivity index (χ0) is 20.9. The molecule has 9 heteroatoms. The number of fused-ring (bicyclic) bond motifs is 2. The fourth-order valence-corrected chi connectivity index (χ4v) is 4.47. The predicted octanol–water partition coefficient (Wildman–Crippen LogP) is 3.08. The molecule has 2 N–H and O–H groups in total. The Labute approximate surface area is 178 Å². The Bertz CT molecular complexity index is 1410. The number of anilines is 1. The van der Waals surface area contributed by atoms with Gasteiger partial charge in [-0.25, -0.2) is 9.50 Å². The first-order valence-electron chi connectivity index (χ1n) is 10.4. The first-order valence-corrected chi connectivity index (χ1v) is 10.4. The van der Waals surface area contributed by atoms with E-state index in [4.69, 9.17) is 10.5 Å². The standard InChI is InChI=1S/C22H22N8O/c1-28-12-16(11-25-28)18-9-20(30-21(18)22(23)24-13-27-30)14-2-3-15-10-26-29(19(15)8-14)17-4-6-31-7-5-17/h2-3,8-13,17H,4-7H2,1H3,(H2,23,24,27). The van der Waals surface area contributed by atoms with Crippen LogP contribution in [0.5, 0.6) is 0 Å². The molecular formula is C22H22N8O. The van der Waals surface area contributed by atoms with Crippen LogP contribution in [0.15, 0.2) is 49.2 Å². The third kappa shape index (κ3) is 2.89. The van der Waals surface area contributed by atoms with Gasteiger partial charge in [-0.05, 0) is 25.0 Å². The molecule has 0 amide bonds. The number of hydrogen-bond donors (Lipinski definition) is 1. The lowest BCUT2D eigenvalue weighted by atomic mass is 10.1. The van der Waals surface area contributed by atoms with Gasteiger partial charge in [-0.15, -0.1) is 0 Å². The zero-order valence-corrected chi connectivity index (χ0v) is 17.1. The average Bonchev–Trinajstić information content (AvgIpc) is 3.51. The van der Waals surface area contributed by atoms with Gasteiger partial charge in [-0.1, -0.05) is 12.1 Å². The van der Waals surface area contributed by atoms with Crippen molar-refractivity contribution in [2.75, 3.05) is 18.9 Å². The van der Waals surface area contributed by atoms with Gasteiger partial charge < -0.3 is 10.5 Å². The van der Waals surface area contributed by atoms with Crippen LogP contribution in [0.25, 0.3) is 38.8 Å². The molecule has 0 spiro atoms. The van der Waals surface area contributed by atoms with E-state index in [-0.39, 0.29) is 0 Å². The molecule has 9 nitrogen and oxygen atoms in total. The highest BCUT2D eigenvalue weighted by Gasteiger charge is 2.21. The van der Waals surface area contributed by atoms with E-state index in [0.717, 1.165) is 64.9 Å². The van der Waals surface area contributed by atoms with Crippen LogP contribution in [0.4, 0.5) is 5.82 Å². The SMILES string of the molecule is Cn1cc(-c2cc(-c3ccc4cnn(C5CCOCC5)c4c3)n3ncnc(N)c23)cn1. The molecule has 4 aromatic heterocycles. The van der Waals surface area contributed by atoms with Gasteiger partial charge in [-0.2, -0.15) is 15.3 Å². The van der Waals surface area contributed by atoms with E-state index in [1.165, 1.54) is 6.33 Å². The first kappa shape index (κ1) is 18.1. The van der Waals surface area contributed by atoms with Gasteiger partial charge in [0.05, 0.1) is 29.6 Å². The third-order valence-corrected chi connectivity index (χ3v) is 6.03. The normalized spacial score (nSPS) is 15.3. The van der Waals surface area contributed by atoms with Gasteiger partial charge in [-0.3, -0.25) is 9.36 Å². The molecule has 31 heavy (non-hydrogen) atoms. The summed E-state index contributed by atoms with van der Waals surface area (Å²) in [4.78, 5) is 4.22. The molecule has 1 saturated heterocycles. The van der Waals surface area contributed by atoms with E-state index in [0.29, 0.717) is 11.9 Å². The summed E-state index contributed by atoms with van der Waals surface area (Å²) in [6.07, 6.45) is 9.17. The van der Waals surface area contributed by atoms with E-state index >= 15 is 0 Å². The molecule has 1 aromatic carbocycles. The van der Waals surface area contributed by atoms with Crippen LogP contribution in [0.1, 0.15) is 18.9 Å². The number of benzene rings is 1. The Morgan fingerprint density at radius 2 is 1.90 bits per heavy atom. The summed E-state index contributed by atoms with van der Waals surface area (Å²) in [5.74, 6) is 0.438. The zero-order valence-electron chi connectivity index (χ0n) is 17.1. The summed E-state index contributed by atoms with van der Waals surface area (Å²) in [6, 6.07) is 8.86. The van der Waals surface area contributed by atoms with Crippen LogP contribution in [0.2, 0.25) is 0 Å². The summed E-state index contributed by atoms with van der Waals surface area (Å²) >= 11 is 0.